The van der Waals surface area contributed by atoms with E-state index in [0.717, 1.165) is 12.5 Å². The van der Waals surface area contributed by atoms with Gasteiger partial charge < -0.3 is 10.2 Å². The van der Waals surface area contributed by atoms with Crippen LogP contribution in [0.15, 0.2) is 36.7 Å². The van der Waals surface area contributed by atoms with E-state index in [1.807, 2.05) is 12.4 Å². The van der Waals surface area contributed by atoms with Crippen LogP contribution in [0.1, 0.15) is 18.4 Å². The van der Waals surface area contributed by atoms with E-state index >= 15 is 0 Å². The highest BCUT2D eigenvalue weighted by Gasteiger charge is 2.33. The maximum atomic E-state index is 4.17. The van der Waals surface area contributed by atoms with Crippen molar-refractivity contribution in [3.05, 3.63) is 42.2 Å². The van der Waals surface area contributed by atoms with E-state index in [1.54, 1.807) is 0 Å². The molecule has 104 valence electrons. The molecule has 5 rings (SSSR count). The number of aromatic nitrogens is 1. The normalized spacial score (nSPS) is 28.9. The fraction of sp³-hybridized carbons (Fsp3) is 0.471. The molecule has 3 aliphatic rings. The molecule has 1 N–H and O–H groups in total. The molecule has 1 aromatic heterocycles. The van der Waals surface area contributed by atoms with Gasteiger partial charge in [0.1, 0.15) is 0 Å². The molecule has 3 nitrogen and oxygen atoms in total. The number of nitrogens with one attached hydrogen (secondary N) is 1. The van der Waals surface area contributed by atoms with Crippen LogP contribution in [0, 0.1) is 5.92 Å². The Bertz CT molecular complexity index is 602. The second-order valence-electron chi connectivity index (χ2n) is 6.18. The summed E-state index contributed by atoms with van der Waals surface area (Å²) in [5.74, 6) is 0.893. The quantitative estimate of drug-likeness (QED) is 0.925. The van der Waals surface area contributed by atoms with Gasteiger partial charge in [-0.1, -0.05) is 12.1 Å². The van der Waals surface area contributed by atoms with Crippen LogP contribution in [0.5, 0.6) is 0 Å². The Balaban J connectivity index is 1.45. The maximum absolute atomic E-state index is 4.17. The van der Waals surface area contributed by atoms with Crippen LogP contribution < -0.4 is 5.32 Å². The molecule has 2 aromatic rings. The smallest absolute Gasteiger partial charge is 0.0346 e. The molecule has 0 amide bonds. The van der Waals surface area contributed by atoms with Crippen LogP contribution in [0.3, 0.4) is 0 Å². The third kappa shape index (κ3) is 2.32. The van der Waals surface area contributed by atoms with Crippen molar-refractivity contribution in [3.8, 4) is 0 Å². The molecule has 1 aromatic carbocycles. The van der Waals surface area contributed by atoms with Crippen molar-refractivity contribution in [2.24, 2.45) is 5.92 Å². The lowest BCUT2D eigenvalue weighted by atomic mass is 9.84. The number of piperidine rings is 3. The van der Waals surface area contributed by atoms with Crippen LogP contribution in [-0.4, -0.2) is 35.6 Å². The minimum atomic E-state index is 0.686. The summed E-state index contributed by atoms with van der Waals surface area (Å²) in [4.78, 5) is 6.77. The average molecular weight is 267 g/mol. The van der Waals surface area contributed by atoms with Crippen molar-refractivity contribution < 1.29 is 0 Å². The number of rotatable bonds is 3. The van der Waals surface area contributed by atoms with Crippen molar-refractivity contribution >= 4 is 10.8 Å². The molecule has 3 heteroatoms. The molecule has 4 heterocycles. The van der Waals surface area contributed by atoms with E-state index in [2.05, 4.69) is 39.5 Å². The van der Waals surface area contributed by atoms with Gasteiger partial charge >= 0.3 is 0 Å². The Morgan fingerprint density at radius 3 is 2.85 bits per heavy atom. The lowest BCUT2D eigenvalue weighted by Crippen LogP contribution is -2.55. The van der Waals surface area contributed by atoms with Gasteiger partial charge in [-0.3, -0.25) is 4.98 Å². The number of hydrogen-bond acceptors (Lipinski definition) is 3. The number of benzene rings is 1. The number of hydrogen-bond donors (Lipinski definition) is 1. The van der Waals surface area contributed by atoms with Crippen molar-refractivity contribution in [3.63, 3.8) is 0 Å². The summed E-state index contributed by atoms with van der Waals surface area (Å²) < 4.78 is 0. The van der Waals surface area contributed by atoms with Gasteiger partial charge in [-0.25, -0.2) is 0 Å². The highest BCUT2D eigenvalue weighted by atomic mass is 15.2. The average Bonchev–Trinajstić information content (AvgIpc) is 2.54. The third-order valence-electron chi connectivity index (χ3n) is 4.93. The molecule has 1 unspecified atom stereocenters. The summed E-state index contributed by atoms with van der Waals surface area (Å²) in [5, 5.41) is 6.28. The van der Waals surface area contributed by atoms with Gasteiger partial charge in [-0.15, -0.1) is 0 Å². The molecule has 1 atom stereocenters. The van der Waals surface area contributed by atoms with Gasteiger partial charge in [-0.05, 0) is 54.9 Å². The fourth-order valence-electron chi connectivity index (χ4n) is 3.69. The van der Waals surface area contributed by atoms with Gasteiger partial charge in [0, 0.05) is 36.9 Å². The second-order valence-corrected chi connectivity index (χ2v) is 6.18. The summed E-state index contributed by atoms with van der Waals surface area (Å²) in [6.07, 6.45) is 6.55. The zero-order valence-electron chi connectivity index (χ0n) is 11.8. The molecule has 20 heavy (non-hydrogen) atoms. The molecule has 0 spiro atoms. The molecule has 0 aliphatic carbocycles. The summed E-state index contributed by atoms with van der Waals surface area (Å²) in [6, 6.07) is 9.46. The first-order valence-corrected chi connectivity index (χ1v) is 7.67. The minimum Gasteiger partial charge on any atom is -0.308 e. The lowest BCUT2D eigenvalue weighted by Gasteiger charge is -2.45. The van der Waals surface area contributed by atoms with E-state index in [4.69, 9.17) is 0 Å². The largest absolute Gasteiger partial charge is 0.308 e. The Hall–Kier alpha value is -1.45. The SMILES string of the molecule is c1cc2cc(CNC3CN4CCC3CC4)ccc2cn1. The standard InChI is InChI=1S/C17H21N3/c1-2-16-11-18-6-3-15(16)9-13(1)10-19-17-12-20-7-4-14(17)5-8-20/h1-3,6,9,11,14,17,19H,4-5,7-8,10,12H2. The molecule has 3 saturated heterocycles. The van der Waals surface area contributed by atoms with E-state index in [0.29, 0.717) is 6.04 Å². The van der Waals surface area contributed by atoms with Gasteiger partial charge in [-0.2, -0.15) is 0 Å². The minimum absolute atomic E-state index is 0.686. The van der Waals surface area contributed by atoms with Crippen molar-refractivity contribution in [1.29, 1.82) is 0 Å². The van der Waals surface area contributed by atoms with Crippen LogP contribution in [0.25, 0.3) is 10.8 Å². The van der Waals surface area contributed by atoms with Crippen molar-refractivity contribution in [1.82, 2.24) is 15.2 Å². The first-order valence-electron chi connectivity index (χ1n) is 7.67. The van der Waals surface area contributed by atoms with Gasteiger partial charge in [0.05, 0.1) is 0 Å². The van der Waals surface area contributed by atoms with E-state index in [9.17, 15) is 0 Å². The van der Waals surface area contributed by atoms with Gasteiger partial charge in [0.15, 0.2) is 0 Å². The lowest BCUT2D eigenvalue weighted by molar-refractivity contribution is 0.0720. The molecule has 0 saturated carbocycles. The van der Waals surface area contributed by atoms with E-state index in [1.165, 1.54) is 48.8 Å². The predicted molar refractivity (Wildman–Crippen MR) is 81.5 cm³/mol. The zero-order valence-corrected chi connectivity index (χ0v) is 11.8. The number of pyridine rings is 1. The predicted octanol–water partition coefficient (Wildman–Crippen LogP) is 2.42. The molecule has 2 bridgehead atoms. The summed E-state index contributed by atoms with van der Waals surface area (Å²) in [7, 11) is 0. The summed E-state index contributed by atoms with van der Waals surface area (Å²) in [6.45, 7) is 4.84. The first kappa shape index (κ1) is 12.3. The number of fused-ring (bicyclic) bond motifs is 4. The Labute approximate surface area is 120 Å². The Kier molecular flexibility index (Phi) is 3.17. The third-order valence-corrected chi connectivity index (χ3v) is 4.93. The molecule has 3 aliphatic heterocycles. The fourth-order valence-corrected chi connectivity index (χ4v) is 3.69. The van der Waals surface area contributed by atoms with E-state index in [-0.39, 0.29) is 0 Å². The van der Waals surface area contributed by atoms with Crippen molar-refractivity contribution in [2.45, 2.75) is 25.4 Å². The number of nitrogens with zero attached hydrogens (tertiary/aromatic N) is 2. The summed E-state index contributed by atoms with van der Waals surface area (Å²) in [5.41, 5.74) is 1.38. The summed E-state index contributed by atoms with van der Waals surface area (Å²) >= 11 is 0. The molecular weight excluding hydrogens is 246 g/mol. The topological polar surface area (TPSA) is 28.2 Å². The highest BCUT2D eigenvalue weighted by Crippen LogP contribution is 2.27. The highest BCUT2D eigenvalue weighted by molar-refractivity contribution is 5.81. The van der Waals surface area contributed by atoms with Gasteiger partial charge in [0.2, 0.25) is 0 Å². The van der Waals surface area contributed by atoms with Crippen molar-refractivity contribution in [2.75, 3.05) is 19.6 Å². The van der Waals surface area contributed by atoms with E-state index < -0.39 is 0 Å². The molecule has 3 fully saturated rings. The van der Waals surface area contributed by atoms with Crippen LogP contribution >= 0.6 is 0 Å². The second kappa shape index (κ2) is 5.15. The van der Waals surface area contributed by atoms with Crippen LogP contribution in [0.4, 0.5) is 0 Å². The molecular formula is C17H21N3. The Morgan fingerprint density at radius 1 is 1.15 bits per heavy atom. The Morgan fingerprint density at radius 2 is 2.05 bits per heavy atom. The van der Waals surface area contributed by atoms with Gasteiger partial charge in [0.25, 0.3) is 0 Å². The van der Waals surface area contributed by atoms with Crippen LogP contribution in [0.2, 0.25) is 0 Å². The first-order chi connectivity index (χ1) is 9.88. The maximum Gasteiger partial charge on any atom is 0.0346 e. The molecule has 0 radical (unpaired) electrons. The monoisotopic (exact) mass is 267 g/mol. The van der Waals surface area contributed by atoms with Crippen LogP contribution in [-0.2, 0) is 6.54 Å². The zero-order chi connectivity index (χ0) is 13.4.